The number of hydrogen-bond acceptors (Lipinski definition) is 5. The SMILES string of the molecule is COc1ccc2sc(COc3ccc(NC(C)=O)c(Cl)c3)nc2c1. The summed E-state index contributed by atoms with van der Waals surface area (Å²) in [6.07, 6.45) is 0. The van der Waals surface area contributed by atoms with Gasteiger partial charge in [-0.25, -0.2) is 4.98 Å². The number of hydrogen-bond donors (Lipinski definition) is 1. The predicted octanol–water partition coefficient (Wildman–Crippen LogP) is 4.50. The Morgan fingerprint density at radius 2 is 2.04 bits per heavy atom. The van der Waals surface area contributed by atoms with Crippen molar-refractivity contribution in [1.82, 2.24) is 4.98 Å². The van der Waals surface area contributed by atoms with Crippen molar-refractivity contribution in [1.29, 1.82) is 0 Å². The van der Waals surface area contributed by atoms with Gasteiger partial charge in [-0.3, -0.25) is 4.79 Å². The molecule has 0 radical (unpaired) electrons. The second-order valence-electron chi connectivity index (χ2n) is 5.05. The van der Waals surface area contributed by atoms with Gasteiger partial charge >= 0.3 is 0 Å². The number of benzene rings is 2. The van der Waals surface area contributed by atoms with Gasteiger partial charge in [-0.2, -0.15) is 0 Å². The zero-order valence-corrected chi connectivity index (χ0v) is 14.7. The second kappa shape index (κ2) is 7.07. The van der Waals surface area contributed by atoms with Crippen molar-refractivity contribution in [2.24, 2.45) is 0 Å². The number of aromatic nitrogens is 1. The van der Waals surface area contributed by atoms with Crippen LogP contribution in [0.25, 0.3) is 10.2 Å². The molecular formula is C17H15ClN2O3S. The fourth-order valence-corrected chi connectivity index (χ4v) is 3.24. The van der Waals surface area contributed by atoms with E-state index in [9.17, 15) is 4.79 Å². The first-order valence-electron chi connectivity index (χ1n) is 7.18. The summed E-state index contributed by atoms with van der Waals surface area (Å²) < 4.78 is 12.0. The minimum absolute atomic E-state index is 0.171. The molecule has 0 saturated heterocycles. The molecule has 0 unspecified atom stereocenters. The number of anilines is 1. The van der Waals surface area contributed by atoms with Crippen molar-refractivity contribution in [2.45, 2.75) is 13.5 Å². The van der Waals surface area contributed by atoms with Gasteiger partial charge in [-0.15, -0.1) is 11.3 Å². The van der Waals surface area contributed by atoms with Gasteiger partial charge in [0.15, 0.2) is 0 Å². The van der Waals surface area contributed by atoms with Crippen LogP contribution in [0, 0.1) is 0 Å². The van der Waals surface area contributed by atoms with Gasteiger partial charge in [0, 0.05) is 19.1 Å². The van der Waals surface area contributed by atoms with Gasteiger partial charge in [-0.1, -0.05) is 11.6 Å². The monoisotopic (exact) mass is 362 g/mol. The van der Waals surface area contributed by atoms with E-state index in [2.05, 4.69) is 10.3 Å². The molecule has 24 heavy (non-hydrogen) atoms. The number of methoxy groups -OCH3 is 1. The van der Waals surface area contributed by atoms with Crippen molar-refractivity contribution < 1.29 is 14.3 Å². The van der Waals surface area contributed by atoms with Crippen LogP contribution in [0.2, 0.25) is 5.02 Å². The minimum atomic E-state index is -0.171. The average Bonchev–Trinajstić information content (AvgIpc) is 2.96. The quantitative estimate of drug-likeness (QED) is 0.726. The molecule has 2 aromatic carbocycles. The van der Waals surface area contributed by atoms with Gasteiger partial charge in [0.25, 0.3) is 0 Å². The van der Waals surface area contributed by atoms with E-state index in [1.165, 1.54) is 6.92 Å². The summed E-state index contributed by atoms with van der Waals surface area (Å²) in [6.45, 7) is 1.78. The van der Waals surface area contributed by atoms with E-state index in [0.717, 1.165) is 21.0 Å². The Morgan fingerprint density at radius 3 is 2.75 bits per heavy atom. The smallest absolute Gasteiger partial charge is 0.221 e. The number of ether oxygens (including phenoxy) is 2. The van der Waals surface area contributed by atoms with E-state index >= 15 is 0 Å². The second-order valence-corrected chi connectivity index (χ2v) is 6.58. The van der Waals surface area contributed by atoms with Gasteiger partial charge in [0.1, 0.15) is 23.1 Å². The summed E-state index contributed by atoms with van der Waals surface area (Å²) in [5, 5.41) is 3.94. The maximum atomic E-state index is 11.1. The molecule has 3 rings (SSSR count). The summed E-state index contributed by atoms with van der Waals surface area (Å²) in [6, 6.07) is 10.9. The third kappa shape index (κ3) is 3.77. The van der Waals surface area contributed by atoms with E-state index in [1.54, 1.807) is 36.6 Å². The molecule has 0 fully saturated rings. The topological polar surface area (TPSA) is 60.5 Å². The van der Waals surface area contributed by atoms with Gasteiger partial charge in [0.05, 0.1) is 28.0 Å². The van der Waals surface area contributed by atoms with Crippen LogP contribution in [0.15, 0.2) is 36.4 Å². The first-order chi connectivity index (χ1) is 11.5. The Bertz CT molecular complexity index is 895. The van der Waals surface area contributed by atoms with Crippen molar-refractivity contribution in [3.8, 4) is 11.5 Å². The number of carbonyl (C=O) groups excluding carboxylic acids is 1. The van der Waals surface area contributed by atoms with E-state index in [0.29, 0.717) is 23.1 Å². The number of thiazole rings is 1. The van der Waals surface area contributed by atoms with Crippen LogP contribution >= 0.6 is 22.9 Å². The first-order valence-corrected chi connectivity index (χ1v) is 8.38. The highest BCUT2D eigenvalue weighted by Gasteiger charge is 2.08. The number of halogens is 1. The number of nitrogens with one attached hydrogen (secondary N) is 1. The molecule has 124 valence electrons. The molecule has 0 aliphatic carbocycles. The number of amides is 1. The van der Waals surface area contributed by atoms with Crippen molar-refractivity contribution in [3.05, 3.63) is 46.4 Å². The molecule has 5 nitrogen and oxygen atoms in total. The first kappa shape index (κ1) is 16.5. The fraction of sp³-hybridized carbons (Fsp3) is 0.176. The molecule has 7 heteroatoms. The molecule has 0 saturated carbocycles. The van der Waals surface area contributed by atoms with Crippen LogP contribution in [-0.2, 0) is 11.4 Å². The fourth-order valence-electron chi connectivity index (χ4n) is 2.17. The molecule has 0 spiro atoms. The van der Waals surface area contributed by atoms with Crippen LogP contribution < -0.4 is 14.8 Å². The molecule has 3 aromatic rings. The van der Waals surface area contributed by atoms with E-state index in [4.69, 9.17) is 21.1 Å². The van der Waals surface area contributed by atoms with Crippen LogP contribution in [-0.4, -0.2) is 18.0 Å². The third-order valence-electron chi connectivity index (χ3n) is 3.25. The van der Waals surface area contributed by atoms with Crippen molar-refractivity contribution in [2.75, 3.05) is 12.4 Å². The van der Waals surface area contributed by atoms with Gasteiger partial charge < -0.3 is 14.8 Å². The largest absolute Gasteiger partial charge is 0.497 e. The molecular weight excluding hydrogens is 348 g/mol. The van der Waals surface area contributed by atoms with Gasteiger partial charge in [-0.05, 0) is 24.3 Å². The highest BCUT2D eigenvalue weighted by atomic mass is 35.5. The third-order valence-corrected chi connectivity index (χ3v) is 4.58. The molecule has 0 bridgehead atoms. The molecule has 0 atom stereocenters. The zero-order chi connectivity index (χ0) is 17.1. The van der Waals surface area contributed by atoms with Crippen LogP contribution in [0.4, 0.5) is 5.69 Å². The average molecular weight is 363 g/mol. The standard InChI is InChI=1S/C17H15ClN2O3S/c1-10(21)19-14-5-3-12(7-13(14)18)23-9-17-20-15-8-11(22-2)4-6-16(15)24-17/h3-8H,9H2,1-2H3,(H,19,21). The number of carbonyl (C=O) groups is 1. The van der Waals surface area contributed by atoms with Crippen LogP contribution in [0.1, 0.15) is 11.9 Å². The Hall–Kier alpha value is -2.31. The van der Waals surface area contributed by atoms with E-state index in [-0.39, 0.29) is 5.91 Å². The number of fused-ring (bicyclic) bond motifs is 1. The molecule has 0 aliphatic heterocycles. The van der Waals surface area contributed by atoms with E-state index < -0.39 is 0 Å². The summed E-state index contributed by atoms with van der Waals surface area (Å²) in [5.74, 6) is 1.22. The van der Waals surface area contributed by atoms with Crippen LogP contribution in [0.5, 0.6) is 11.5 Å². The lowest BCUT2D eigenvalue weighted by molar-refractivity contribution is -0.114. The molecule has 0 aliphatic rings. The molecule has 1 amide bonds. The van der Waals surface area contributed by atoms with Gasteiger partial charge in [0.2, 0.25) is 5.91 Å². The molecule has 1 N–H and O–H groups in total. The Balaban J connectivity index is 1.71. The Morgan fingerprint density at radius 1 is 1.25 bits per heavy atom. The Kier molecular flexibility index (Phi) is 4.87. The zero-order valence-electron chi connectivity index (χ0n) is 13.1. The summed E-state index contributed by atoms with van der Waals surface area (Å²) >= 11 is 7.70. The maximum absolute atomic E-state index is 11.1. The highest BCUT2D eigenvalue weighted by Crippen LogP contribution is 2.29. The lowest BCUT2D eigenvalue weighted by atomic mass is 10.3. The summed E-state index contributed by atoms with van der Waals surface area (Å²) in [4.78, 5) is 15.6. The summed E-state index contributed by atoms with van der Waals surface area (Å²) in [5.41, 5.74) is 1.44. The minimum Gasteiger partial charge on any atom is -0.497 e. The summed E-state index contributed by atoms with van der Waals surface area (Å²) in [7, 11) is 1.63. The van der Waals surface area contributed by atoms with E-state index in [1.807, 2.05) is 18.2 Å². The van der Waals surface area contributed by atoms with Crippen molar-refractivity contribution >= 4 is 44.7 Å². The van der Waals surface area contributed by atoms with Crippen LogP contribution in [0.3, 0.4) is 0 Å². The molecule has 1 aromatic heterocycles. The number of nitrogens with zero attached hydrogens (tertiary/aromatic N) is 1. The Labute approximate surface area is 148 Å². The van der Waals surface area contributed by atoms with Crippen molar-refractivity contribution in [3.63, 3.8) is 0 Å². The maximum Gasteiger partial charge on any atom is 0.221 e. The normalized spacial score (nSPS) is 10.6. The number of rotatable bonds is 5. The highest BCUT2D eigenvalue weighted by molar-refractivity contribution is 7.18. The molecule has 1 heterocycles. The lowest BCUT2D eigenvalue weighted by Crippen LogP contribution is -2.06. The predicted molar refractivity (Wildman–Crippen MR) is 96.3 cm³/mol. The lowest BCUT2D eigenvalue weighted by Gasteiger charge is -2.08.